The number of nitrogen functional groups attached to an aromatic ring is 1. The maximum absolute atomic E-state index is 12.0. The van der Waals surface area contributed by atoms with E-state index in [-0.39, 0.29) is 18.0 Å². The lowest BCUT2D eigenvalue weighted by atomic mass is 10.1. The quantitative estimate of drug-likeness (QED) is 0.668. The van der Waals surface area contributed by atoms with E-state index in [0.29, 0.717) is 11.1 Å². The topological polar surface area (TPSA) is 58.9 Å². The SMILES string of the molecule is Cl.Nc1cccc2c(=O)[nH]c(-c3ccccc3)cc12. The number of hydrogen-bond acceptors (Lipinski definition) is 2. The van der Waals surface area contributed by atoms with E-state index >= 15 is 0 Å². The molecular weight excluding hydrogens is 260 g/mol. The Morgan fingerprint density at radius 3 is 2.37 bits per heavy atom. The van der Waals surface area contributed by atoms with Crippen molar-refractivity contribution >= 4 is 28.9 Å². The standard InChI is InChI=1S/C15H12N2O.ClH/c16-13-8-4-7-11-12(13)9-14(17-15(11)18)10-5-2-1-3-6-10;/h1-9H,16H2,(H,17,18);1H. The molecule has 0 fully saturated rings. The van der Waals surface area contributed by atoms with Gasteiger partial charge in [0.25, 0.3) is 5.56 Å². The van der Waals surface area contributed by atoms with Crippen LogP contribution in [0.3, 0.4) is 0 Å². The van der Waals surface area contributed by atoms with Crippen LogP contribution in [-0.2, 0) is 0 Å². The molecule has 0 amide bonds. The van der Waals surface area contributed by atoms with Crippen molar-refractivity contribution < 1.29 is 0 Å². The van der Waals surface area contributed by atoms with Gasteiger partial charge in [-0.15, -0.1) is 12.4 Å². The molecule has 1 aromatic heterocycles. The molecule has 0 saturated heterocycles. The zero-order valence-corrected chi connectivity index (χ0v) is 10.9. The van der Waals surface area contributed by atoms with E-state index in [1.54, 1.807) is 18.2 Å². The van der Waals surface area contributed by atoms with E-state index in [4.69, 9.17) is 5.73 Å². The summed E-state index contributed by atoms with van der Waals surface area (Å²) in [4.78, 5) is 14.9. The first-order valence-electron chi connectivity index (χ1n) is 5.72. The highest BCUT2D eigenvalue weighted by atomic mass is 35.5. The monoisotopic (exact) mass is 272 g/mol. The van der Waals surface area contributed by atoms with Gasteiger partial charge in [-0.2, -0.15) is 0 Å². The van der Waals surface area contributed by atoms with E-state index in [1.807, 2.05) is 36.4 Å². The largest absolute Gasteiger partial charge is 0.398 e. The summed E-state index contributed by atoms with van der Waals surface area (Å²) in [5.41, 5.74) is 8.18. The molecule has 0 radical (unpaired) electrons. The lowest BCUT2D eigenvalue weighted by molar-refractivity contribution is 1.28. The molecule has 0 aliphatic rings. The summed E-state index contributed by atoms with van der Waals surface area (Å²) in [5.74, 6) is 0. The number of hydrogen-bond donors (Lipinski definition) is 2. The Balaban J connectivity index is 0.00000133. The maximum Gasteiger partial charge on any atom is 0.256 e. The summed E-state index contributed by atoms with van der Waals surface area (Å²) >= 11 is 0. The second-order valence-corrected chi connectivity index (χ2v) is 4.19. The molecule has 19 heavy (non-hydrogen) atoms. The number of rotatable bonds is 1. The third-order valence-corrected chi connectivity index (χ3v) is 3.01. The summed E-state index contributed by atoms with van der Waals surface area (Å²) in [6.45, 7) is 0. The molecule has 0 unspecified atom stereocenters. The van der Waals surface area contributed by atoms with Crippen LogP contribution in [0.4, 0.5) is 5.69 Å². The van der Waals surface area contributed by atoms with E-state index in [1.165, 1.54) is 0 Å². The summed E-state index contributed by atoms with van der Waals surface area (Å²) < 4.78 is 0. The van der Waals surface area contributed by atoms with Gasteiger partial charge in [0, 0.05) is 22.2 Å². The van der Waals surface area contributed by atoms with Crippen molar-refractivity contribution in [1.29, 1.82) is 0 Å². The molecule has 3 N–H and O–H groups in total. The fourth-order valence-electron chi connectivity index (χ4n) is 2.09. The Morgan fingerprint density at radius 1 is 0.895 bits per heavy atom. The molecule has 0 saturated carbocycles. The fourth-order valence-corrected chi connectivity index (χ4v) is 2.09. The highest BCUT2D eigenvalue weighted by molar-refractivity contribution is 5.94. The minimum absolute atomic E-state index is 0. The van der Waals surface area contributed by atoms with Crippen molar-refractivity contribution in [2.24, 2.45) is 0 Å². The van der Waals surface area contributed by atoms with Gasteiger partial charge in [0.1, 0.15) is 0 Å². The summed E-state index contributed by atoms with van der Waals surface area (Å²) in [7, 11) is 0. The number of aromatic amines is 1. The van der Waals surface area contributed by atoms with Gasteiger partial charge < -0.3 is 10.7 Å². The second kappa shape index (κ2) is 5.16. The Kier molecular flexibility index (Phi) is 3.58. The van der Waals surface area contributed by atoms with Crippen LogP contribution in [0, 0.1) is 0 Å². The highest BCUT2D eigenvalue weighted by Gasteiger charge is 2.05. The number of H-pyrrole nitrogens is 1. The Labute approximate surface area is 116 Å². The van der Waals surface area contributed by atoms with Crippen molar-refractivity contribution in [3.63, 3.8) is 0 Å². The maximum atomic E-state index is 12.0. The first-order valence-corrected chi connectivity index (χ1v) is 5.72. The number of anilines is 1. The van der Waals surface area contributed by atoms with Gasteiger partial charge in [-0.05, 0) is 23.8 Å². The number of nitrogens with one attached hydrogen (secondary N) is 1. The zero-order chi connectivity index (χ0) is 12.5. The normalized spacial score (nSPS) is 10.1. The predicted octanol–water partition coefficient (Wildman–Crippen LogP) is 3.20. The van der Waals surface area contributed by atoms with Gasteiger partial charge in [0.05, 0.1) is 0 Å². The van der Waals surface area contributed by atoms with Crippen LogP contribution in [0.1, 0.15) is 0 Å². The summed E-state index contributed by atoms with van der Waals surface area (Å²) in [6, 6.07) is 17.0. The molecule has 1 heterocycles. The van der Waals surface area contributed by atoms with Crippen molar-refractivity contribution in [3.8, 4) is 11.3 Å². The first kappa shape index (κ1) is 13.2. The smallest absolute Gasteiger partial charge is 0.256 e. The van der Waals surface area contributed by atoms with E-state index in [9.17, 15) is 4.79 Å². The van der Waals surface area contributed by atoms with Crippen molar-refractivity contribution in [1.82, 2.24) is 4.98 Å². The van der Waals surface area contributed by atoms with Crippen molar-refractivity contribution in [2.75, 3.05) is 5.73 Å². The summed E-state index contributed by atoms with van der Waals surface area (Å²) in [6.07, 6.45) is 0. The highest BCUT2D eigenvalue weighted by Crippen LogP contribution is 2.23. The molecule has 0 spiro atoms. The minimum Gasteiger partial charge on any atom is -0.398 e. The third-order valence-electron chi connectivity index (χ3n) is 3.01. The van der Waals surface area contributed by atoms with E-state index in [0.717, 1.165) is 16.6 Å². The molecular formula is C15H13ClN2O. The number of pyridine rings is 1. The molecule has 0 atom stereocenters. The molecule has 2 aromatic carbocycles. The molecule has 3 aromatic rings. The van der Waals surface area contributed by atoms with Crippen molar-refractivity contribution in [2.45, 2.75) is 0 Å². The Morgan fingerprint density at radius 2 is 1.63 bits per heavy atom. The molecule has 96 valence electrons. The first-order chi connectivity index (χ1) is 8.75. The fraction of sp³-hybridized carbons (Fsp3) is 0. The van der Waals surface area contributed by atoms with Gasteiger partial charge in [-0.25, -0.2) is 0 Å². The van der Waals surface area contributed by atoms with Crippen LogP contribution in [-0.4, -0.2) is 4.98 Å². The lowest BCUT2D eigenvalue weighted by Crippen LogP contribution is -2.08. The number of aromatic nitrogens is 1. The van der Waals surface area contributed by atoms with Crippen LogP contribution in [0.15, 0.2) is 59.4 Å². The second-order valence-electron chi connectivity index (χ2n) is 4.19. The number of benzene rings is 2. The molecule has 0 aliphatic heterocycles. The zero-order valence-electron chi connectivity index (χ0n) is 10.1. The van der Waals surface area contributed by atoms with Gasteiger partial charge >= 0.3 is 0 Å². The Bertz CT molecular complexity index is 766. The molecule has 3 nitrogen and oxygen atoms in total. The van der Waals surface area contributed by atoms with Crippen LogP contribution in [0.2, 0.25) is 0 Å². The van der Waals surface area contributed by atoms with E-state index in [2.05, 4.69) is 4.98 Å². The Hall–Kier alpha value is -2.26. The molecule has 3 rings (SSSR count). The minimum atomic E-state index is -0.112. The lowest BCUT2D eigenvalue weighted by Gasteiger charge is -2.05. The van der Waals surface area contributed by atoms with Crippen molar-refractivity contribution in [3.05, 3.63) is 65.0 Å². The van der Waals surface area contributed by atoms with E-state index < -0.39 is 0 Å². The number of nitrogens with two attached hydrogens (primary N) is 1. The molecule has 0 aliphatic carbocycles. The predicted molar refractivity (Wildman–Crippen MR) is 81.7 cm³/mol. The van der Waals surface area contributed by atoms with Gasteiger partial charge in [-0.1, -0.05) is 36.4 Å². The van der Waals surface area contributed by atoms with Gasteiger partial charge in [-0.3, -0.25) is 4.79 Å². The van der Waals surface area contributed by atoms with Crippen LogP contribution < -0.4 is 11.3 Å². The molecule has 4 heteroatoms. The molecule has 0 bridgehead atoms. The van der Waals surface area contributed by atoms with Gasteiger partial charge in [0.15, 0.2) is 0 Å². The van der Waals surface area contributed by atoms with Crippen LogP contribution in [0.5, 0.6) is 0 Å². The third kappa shape index (κ3) is 2.33. The number of halogens is 1. The average molecular weight is 273 g/mol. The van der Waals surface area contributed by atoms with Crippen LogP contribution in [0.25, 0.3) is 22.0 Å². The summed E-state index contributed by atoms with van der Waals surface area (Å²) in [5, 5.41) is 1.41. The van der Waals surface area contributed by atoms with Crippen LogP contribution >= 0.6 is 12.4 Å². The van der Waals surface area contributed by atoms with Gasteiger partial charge in [0.2, 0.25) is 0 Å². The number of fused-ring (bicyclic) bond motifs is 1. The average Bonchev–Trinajstić information content (AvgIpc) is 2.41.